The number of thiazole rings is 1. The zero-order valence-corrected chi connectivity index (χ0v) is 15.1. The number of fused-ring (bicyclic) bond motifs is 1. The van der Waals surface area contributed by atoms with E-state index >= 15 is 0 Å². The van der Waals surface area contributed by atoms with Gasteiger partial charge in [-0.1, -0.05) is 42.0 Å². The van der Waals surface area contributed by atoms with E-state index in [9.17, 15) is 4.79 Å². The molecule has 4 rings (SSSR count). The zero-order chi connectivity index (χ0) is 17.9. The van der Waals surface area contributed by atoms with Gasteiger partial charge < -0.3 is 9.47 Å². The fraction of sp³-hybridized carbons (Fsp3) is 0.200. The number of benzene rings is 2. The van der Waals surface area contributed by atoms with Crippen molar-refractivity contribution in [1.29, 1.82) is 0 Å². The highest BCUT2D eigenvalue weighted by Gasteiger charge is 2.27. The molecule has 26 heavy (non-hydrogen) atoms. The van der Waals surface area contributed by atoms with Crippen LogP contribution in [0.1, 0.15) is 16.0 Å². The first kappa shape index (κ1) is 16.6. The number of para-hydroxylation sites is 2. The highest BCUT2D eigenvalue weighted by molar-refractivity contribution is 7.15. The Bertz CT molecular complexity index is 938. The van der Waals surface area contributed by atoms with Crippen molar-refractivity contribution < 1.29 is 14.3 Å². The molecule has 3 aromatic rings. The predicted molar refractivity (Wildman–Crippen MR) is 101 cm³/mol. The minimum atomic E-state index is -0.686. The normalized spacial score (nSPS) is 15.5. The number of nitrogens with zero attached hydrogens (tertiary/aromatic N) is 1. The van der Waals surface area contributed by atoms with Crippen LogP contribution in [0.5, 0.6) is 11.5 Å². The van der Waals surface area contributed by atoms with Crippen molar-refractivity contribution >= 4 is 22.4 Å². The van der Waals surface area contributed by atoms with Crippen molar-refractivity contribution in [2.45, 2.75) is 19.4 Å². The number of carbonyl (C=O) groups excluding carboxylic acids is 1. The molecule has 132 valence electrons. The minimum Gasteiger partial charge on any atom is -0.485 e. The summed E-state index contributed by atoms with van der Waals surface area (Å²) < 4.78 is 11.3. The highest BCUT2D eigenvalue weighted by Crippen LogP contribution is 2.31. The molecule has 0 saturated carbocycles. The number of ether oxygens (including phenoxy) is 2. The lowest BCUT2D eigenvalue weighted by Gasteiger charge is -2.25. The fourth-order valence-electron chi connectivity index (χ4n) is 2.80. The summed E-state index contributed by atoms with van der Waals surface area (Å²) in [5.74, 6) is 0.986. The number of nitrogens with one attached hydrogen (secondary N) is 1. The monoisotopic (exact) mass is 366 g/mol. The lowest BCUT2D eigenvalue weighted by molar-refractivity contribution is -0.125. The van der Waals surface area contributed by atoms with Gasteiger partial charge >= 0.3 is 0 Å². The Hall–Kier alpha value is -2.86. The summed E-state index contributed by atoms with van der Waals surface area (Å²) in [7, 11) is 0. The van der Waals surface area contributed by atoms with Crippen molar-refractivity contribution in [2.24, 2.45) is 0 Å². The van der Waals surface area contributed by atoms with Gasteiger partial charge in [-0.25, -0.2) is 4.98 Å². The van der Waals surface area contributed by atoms with Crippen LogP contribution in [-0.4, -0.2) is 23.6 Å². The third kappa shape index (κ3) is 3.70. The van der Waals surface area contributed by atoms with Gasteiger partial charge in [0.1, 0.15) is 6.61 Å². The maximum atomic E-state index is 12.4. The molecule has 1 aliphatic heterocycles. The van der Waals surface area contributed by atoms with Gasteiger partial charge in [-0.3, -0.25) is 10.1 Å². The number of rotatable bonds is 4. The summed E-state index contributed by atoms with van der Waals surface area (Å²) in [6.45, 7) is 2.26. The molecule has 1 N–H and O–H groups in total. The van der Waals surface area contributed by atoms with Gasteiger partial charge in [0.2, 0.25) is 6.10 Å². The van der Waals surface area contributed by atoms with Gasteiger partial charge in [-0.15, -0.1) is 11.3 Å². The van der Waals surface area contributed by atoms with Crippen LogP contribution in [0.2, 0.25) is 0 Å². The molecule has 2 heterocycles. The van der Waals surface area contributed by atoms with Gasteiger partial charge in [-0.05, 0) is 24.6 Å². The molecule has 1 aliphatic rings. The number of amides is 1. The lowest BCUT2D eigenvalue weighted by atomic mass is 10.1. The maximum absolute atomic E-state index is 12.4. The SMILES string of the molecule is Cc1cccc(Cc2cnc(NC(=O)[C@@H]3COc4ccccc4O3)s2)c1. The molecule has 0 saturated heterocycles. The van der Waals surface area contributed by atoms with E-state index in [1.54, 1.807) is 12.3 Å². The molecule has 0 fully saturated rings. The Morgan fingerprint density at radius 3 is 2.92 bits per heavy atom. The Balaban J connectivity index is 1.39. The molecule has 0 aliphatic carbocycles. The summed E-state index contributed by atoms with van der Waals surface area (Å²) in [6, 6.07) is 15.7. The Kier molecular flexibility index (Phi) is 4.58. The molecule has 2 aromatic carbocycles. The van der Waals surface area contributed by atoms with Crippen LogP contribution in [0.3, 0.4) is 0 Å². The standard InChI is InChI=1S/C20H18N2O3S/c1-13-5-4-6-14(9-13)10-15-11-21-20(26-15)22-19(23)18-12-24-16-7-2-3-8-17(16)25-18/h2-9,11,18H,10,12H2,1H3,(H,21,22,23)/t18-/m0/s1. The Labute approximate surface area is 155 Å². The molecule has 6 heteroatoms. The maximum Gasteiger partial charge on any atom is 0.270 e. The second kappa shape index (κ2) is 7.17. The van der Waals surface area contributed by atoms with Crippen LogP contribution in [0.15, 0.2) is 54.7 Å². The first-order valence-corrected chi connectivity index (χ1v) is 9.18. The number of anilines is 1. The first-order valence-electron chi connectivity index (χ1n) is 8.37. The molecule has 5 nitrogen and oxygen atoms in total. The van der Waals surface area contributed by atoms with Crippen molar-refractivity contribution in [3.63, 3.8) is 0 Å². The van der Waals surface area contributed by atoms with Gasteiger partial charge in [0.05, 0.1) is 0 Å². The minimum absolute atomic E-state index is 0.185. The number of hydrogen-bond donors (Lipinski definition) is 1. The van der Waals surface area contributed by atoms with Gasteiger partial charge in [0.15, 0.2) is 16.6 Å². The predicted octanol–water partition coefficient (Wildman–Crippen LogP) is 3.82. The van der Waals surface area contributed by atoms with E-state index in [1.807, 2.05) is 24.3 Å². The van der Waals surface area contributed by atoms with Crippen LogP contribution >= 0.6 is 11.3 Å². The number of carbonyl (C=O) groups is 1. The average molecular weight is 366 g/mol. The summed E-state index contributed by atoms with van der Waals surface area (Å²) in [5, 5.41) is 3.39. The van der Waals surface area contributed by atoms with Crippen molar-refractivity contribution in [3.05, 3.63) is 70.7 Å². The fourth-order valence-corrected chi connectivity index (χ4v) is 3.65. The Morgan fingerprint density at radius 1 is 1.23 bits per heavy atom. The van der Waals surface area contributed by atoms with E-state index < -0.39 is 6.10 Å². The van der Waals surface area contributed by atoms with E-state index in [1.165, 1.54) is 22.5 Å². The zero-order valence-electron chi connectivity index (χ0n) is 14.3. The molecule has 0 unspecified atom stereocenters. The van der Waals surface area contributed by atoms with Crippen LogP contribution in [0.4, 0.5) is 5.13 Å². The quantitative estimate of drug-likeness (QED) is 0.763. The van der Waals surface area contributed by atoms with Crippen LogP contribution in [0.25, 0.3) is 0 Å². The summed E-state index contributed by atoms with van der Waals surface area (Å²) in [6.07, 6.45) is 1.91. The van der Waals surface area contributed by atoms with E-state index in [4.69, 9.17) is 9.47 Å². The molecular weight excluding hydrogens is 348 g/mol. The summed E-state index contributed by atoms with van der Waals surface area (Å²) in [4.78, 5) is 17.8. The van der Waals surface area contributed by atoms with E-state index in [0.29, 0.717) is 16.6 Å². The van der Waals surface area contributed by atoms with Gasteiger partial charge in [-0.2, -0.15) is 0 Å². The third-order valence-electron chi connectivity index (χ3n) is 4.05. The van der Waals surface area contributed by atoms with E-state index in [-0.39, 0.29) is 12.5 Å². The summed E-state index contributed by atoms with van der Waals surface area (Å²) >= 11 is 1.47. The molecule has 0 bridgehead atoms. The van der Waals surface area contributed by atoms with Gasteiger partial charge in [0.25, 0.3) is 5.91 Å². The Morgan fingerprint density at radius 2 is 2.08 bits per heavy atom. The lowest BCUT2D eigenvalue weighted by Crippen LogP contribution is -2.40. The largest absolute Gasteiger partial charge is 0.485 e. The van der Waals surface area contributed by atoms with Crippen LogP contribution in [-0.2, 0) is 11.2 Å². The average Bonchev–Trinajstić information content (AvgIpc) is 3.08. The van der Waals surface area contributed by atoms with E-state index in [2.05, 4.69) is 35.4 Å². The smallest absolute Gasteiger partial charge is 0.270 e. The third-order valence-corrected chi connectivity index (χ3v) is 4.96. The molecule has 0 radical (unpaired) electrons. The van der Waals surface area contributed by atoms with Crippen molar-refractivity contribution in [3.8, 4) is 11.5 Å². The van der Waals surface area contributed by atoms with Gasteiger partial charge in [0, 0.05) is 17.5 Å². The van der Waals surface area contributed by atoms with Crippen molar-refractivity contribution in [2.75, 3.05) is 11.9 Å². The van der Waals surface area contributed by atoms with Crippen molar-refractivity contribution in [1.82, 2.24) is 4.98 Å². The topological polar surface area (TPSA) is 60.5 Å². The molecular formula is C20H18N2O3S. The molecule has 1 amide bonds. The molecule has 0 spiro atoms. The van der Waals surface area contributed by atoms with Crippen LogP contribution < -0.4 is 14.8 Å². The highest BCUT2D eigenvalue weighted by atomic mass is 32.1. The summed E-state index contributed by atoms with van der Waals surface area (Å²) in [5.41, 5.74) is 2.46. The number of hydrogen-bond acceptors (Lipinski definition) is 5. The number of aromatic nitrogens is 1. The second-order valence-electron chi connectivity index (χ2n) is 6.15. The van der Waals surface area contributed by atoms with E-state index in [0.717, 1.165) is 11.3 Å². The molecule has 1 aromatic heterocycles. The second-order valence-corrected chi connectivity index (χ2v) is 7.27. The molecule has 1 atom stereocenters. The first-order chi connectivity index (χ1) is 12.7. The number of aryl methyl sites for hydroxylation is 1. The van der Waals surface area contributed by atoms with Crippen LogP contribution in [0, 0.1) is 6.92 Å².